The summed E-state index contributed by atoms with van der Waals surface area (Å²) < 4.78 is 40.4. The van der Waals surface area contributed by atoms with E-state index in [9.17, 15) is 13.2 Å². The average molecular weight is 271 g/mol. The Hall–Kier alpha value is -0.850. The molecule has 0 N–H and O–H groups in total. The Morgan fingerprint density at radius 2 is 1.86 bits per heavy atom. The molecule has 0 saturated heterocycles. The van der Waals surface area contributed by atoms with Gasteiger partial charge >= 0.3 is 12.2 Å². The van der Waals surface area contributed by atoms with Gasteiger partial charge in [0, 0.05) is 12.4 Å². The lowest BCUT2D eigenvalue weighted by Gasteiger charge is -2.06. The van der Waals surface area contributed by atoms with E-state index in [2.05, 4.69) is 30.6 Å². The van der Waals surface area contributed by atoms with Crippen LogP contribution in [0.3, 0.4) is 0 Å². The van der Waals surface area contributed by atoms with E-state index in [1.165, 1.54) is 12.4 Å². The first-order chi connectivity index (χ1) is 6.47. The maximum absolute atomic E-state index is 11.7. The third-order valence-corrected chi connectivity index (χ3v) is 1.62. The number of hydrogen-bond acceptors (Lipinski definition) is 3. The summed E-state index contributed by atoms with van der Waals surface area (Å²) in [4.78, 5) is 7.30. The van der Waals surface area contributed by atoms with Crippen molar-refractivity contribution in [3.63, 3.8) is 0 Å². The Labute approximate surface area is 86.4 Å². The lowest BCUT2D eigenvalue weighted by Crippen LogP contribution is -2.13. The van der Waals surface area contributed by atoms with E-state index < -0.39 is 19.2 Å². The van der Waals surface area contributed by atoms with Crippen LogP contribution < -0.4 is 4.74 Å². The minimum atomic E-state index is -4.21. The van der Waals surface area contributed by atoms with Gasteiger partial charge in [0.1, 0.15) is 6.61 Å². The van der Waals surface area contributed by atoms with Gasteiger partial charge in [-0.05, 0) is 15.9 Å². The molecule has 3 nitrogen and oxygen atoms in total. The van der Waals surface area contributed by atoms with E-state index in [-0.39, 0.29) is 6.01 Å². The molecule has 14 heavy (non-hydrogen) atoms. The number of alkyl halides is 3. The van der Waals surface area contributed by atoms with Gasteiger partial charge in [-0.15, -0.1) is 0 Å². The second kappa shape index (κ2) is 4.59. The van der Waals surface area contributed by atoms with Crippen LogP contribution in [0.1, 0.15) is 6.42 Å². The third kappa shape index (κ3) is 4.40. The van der Waals surface area contributed by atoms with Crippen LogP contribution in [0, 0.1) is 0 Å². The molecule has 0 saturated carbocycles. The van der Waals surface area contributed by atoms with Crippen LogP contribution in [0.2, 0.25) is 0 Å². The molecule has 7 heteroatoms. The molecule has 0 spiro atoms. The van der Waals surface area contributed by atoms with E-state index in [0.717, 1.165) is 0 Å². The zero-order valence-electron chi connectivity index (χ0n) is 6.88. The van der Waals surface area contributed by atoms with E-state index in [1.807, 2.05) is 0 Å². The number of rotatable bonds is 3. The van der Waals surface area contributed by atoms with Crippen molar-refractivity contribution in [2.75, 3.05) is 6.61 Å². The summed E-state index contributed by atoms with van der Waals surface area (Å²) in [5, 5.41) is 0. The SMILES string of the molecule is FC(F)(F)CCOc1ncc(Br)cn1. The summed E-state index contributed by atoms with van der Waals surface area (Å²) in [6.45, 7) is -0.467. The van der Waals surface area contributed by atoms with Gasteiger partial charge in [-0.2, -0.15) is 13.2 Å². The summed E-state index contributed by atoms with van der Waals surface area (Å²) in [6, 6.07) is -0.0579. The summed E-state index contributed by atoms with van der Waals surface area (Å²) >= 11 is 3.08. The predicted molar refractivity (Wildman–Crippen MR) is 45.9 cm³/mol. The van der Waals surface area contributed by atoms with Crippen LogP contribution in [-0.2, 0) is 0 Å². The summed E-state index contributed by atoms with van der Waals surface area (Å²) in [5.41, 5.74) is 0. The number of nitrogens with zero attached hydrogens (tertiary/aromatic N) is 2. The van der Waals surface area contributed by atoms with Gasteiger partial charge in [0.25, 0.3) is 0 Å². The van der Waals surface area contributed by atoms with Gasteiger partial charge in [0.2, 0.25) is 0 Å². The molecule has 1 rings (SSSR count). The Kier molecular flexibility index (Phi) is 3.68. The van der Waals surface area contributed by atoms with Gasteiger partial charge in [0.05, 0.1) is 10.9 Å². The highest BCUT2D eigenvalue weighted by Gasteiger charge is 2.26. The van der Waals surface area contributed by atoms with Gasteiger partial charge in [-0.3, -0.25) is 0 Å². The fraction of sp³-hybridized carbons (Fsp3) is 0.429. The van der Waals surface area contributed by atoms with E-state index in [4.69, 9.17) is 0 Å². The molecular formula is C7H6BrF3N2O. The number of hydrogen-bond donors (Lipinski definition) is 0. The molecule has 0 fully saturated rings. The van der Waals surface area contributed by atoms with Gasteiger partial charge in [0.15, 0.2) is 0 Å². The van der Waals surface area contributed by atoms with Crippen LogP contribution in [-0.4, -0.2) is 22.8 Å². The number of halogens is 4. The summed E-state index contributed by atoms with van der Waals surface area (Å²) in [5.74, 6) is 0. The molecule has 0 unspecified atom stereocenters. The Morgan fingerprint density at radius 1 is 1.29 bits per heavy atom. The molecule has 1 aromatic rings. The van der Waals surface area contributed by atoms with Gasteiger partial charge < -0.3 is 4.74 Å². The van der Waals surface area contributed by atoms with Crippen molar-refractivity contribution in [2.24, 2.45) is 0 Å². The maximum atomic E-state index is 11.7. The molecule has 0 atom stereocenters. The Balaban J connectivity index is 2.35. The predicted octanol–water partition coefficient (Wildman–Crippen LogP) is 2.57. The van der Waals surface area contributed by atoms with Crippen molar-refractivity contribution in [3.05, 3.63) is 16.9 Å². The first kappa shape index (κ1) is 11.2. The molecule has 0 aliphatic carbocycles. The summed E-state index contributed by atoms with van der Waals surface area (Å²) in [6.07, 6.45) is -2.42. The first-order valence-electron chi connectivity index (χ1n) is 3.64. The molecule has 1 aromatic heterocycles. The highest BCUT2D eigenvalue weighted by atomic mass is 79.9. The zero-order chi connectivity index (χ0) is 10.6. The number of ether oxygens (including phenoxy) is 1. The third-order valence-electron chi connectivity index (χ3n) is 1.21. The molecule has 0 bridgehead atoms. The average Bonchev–Trinajstić information content (AvgIpc) is 2.06. The molecular weight excluding hydrogens is 265 g/mol. The molecule has 0 radical (unpaired) electrons. The van der Waals surface area contributed by atoms with Crippen molar-refractivity contribution in [1.29, 1.82) is 0 Å². The lowest BCUT2D eigenvalue weighted by molar-refractivity contribution is -0.139. The van der Waals surface area contributed by atoms with Crippen molar-refractivity contribution >= 4 is 15.9 Å². The topological polar surface area (TPSA) is 35.0 Å². The van der Waals surface area contributed by atoms with Crippen molar-refractivity contribution in [3.8, 4) is 6.01 Å². The fourth-order valence-corrected chi connectivity index (χ4v) is 0.838. The van der Waals surface area contributed by atoms with Crippen LogP contribution in [0.4, 0.5) is 13.2 Å². The number of aromatic nitrogens is 2. The standard InChI is InChI=1S/C7H6BrF3N2O/c8-5-3-12-6(13-4-5)14-2-1-7(9,10)11/h3-4H,1-2H2. The van der Waals surface area contributed by atoms with Crippen LogP contribution >= 0.6 is 15.9 Å². The van der Waals surface area contributed by atoms with E-state index in [1.54, 1.807) is 0 Å². The normalized spacial score (nSPS) is 11.4. The smallest absolute Gasteiger partial charge is 0.392 e. The second-order valence-corrected chi connectivity index (χ2v) is 3.31. The molecule has 0 aliphatic rings. The quantitative estimate of drug-likeness (QED) is 0.847. The molecule has 0 aliphatic heterocycles. The van der Waals surface area contributed by atoms with E-state index in [0.29, 0.717) is 4.47 Å². The van der Waals surface area contributed by atoms with E-state index >= 15 is 0 Å². The minimum Gasteiger partial charge on any atom is -0.463 e. The largest absolute Gasteiger partial charge is 0.463 e. The van der Waals surface area contributed by atoms with Crippen LogP contribution in [0.25, 0.3) is 0 Å². The van der Waals surface area contributed by atoms with Crippen molar-refractivity contribution in [1.82, 2.24) is 9.97 Å². The molecule has 0 aromatic carbocycles. The zero-order valence-corrected chi connectivity index (χ0v) is 8.47. The highest BCUT2D eigenvalue weighted by molar-refractivity contribution is 9.10. The van der Waals surface area contributed by atoms with Crippen molar-refractivity contribution in [2.45, 2.75) is 12.6 Å². The maximum Gasteiger partial charge on any atom is 0.392 e. The fourth-order valence-electron chi connectivity index (χ4n) is 0.633. The molecule has 1 heterocycles. The molecule has 0 amide bonds. The highest BCUT2D eigenvalue weighted by Crippen LogP contribution is 2.19. The Bertz CT molecular complexity index is 288. The Morgan fingerprint density at radius 3 is 2.36 bits per heavy atom. The monoisotopic (exact) mass is 270 g/mol. The van der Waals surface area contributed by atoms with Crippen LogP contribution in [0.5, 0.6) is 6.01 Å². The second-order valence-electron chi connectivity index (χ2n) is 2.40. The first-order valence-corrected chi connectivity index (χ1v) is 4.44. The van der Waals surface area contributed by atoms with Gasteiger partial charge in [-0.1, -0.05) is 0 Å². The minimum absolute atomic E-state index is 0.0579. The lowest BCUT2D eigenvalue weighted by atomic mass is 10.4. The van der Waals surface area contributed by atoms with Gasteiger partial charge in [-0.25, -0.2) is 9.97 Å². The summed E-state index contributed by atoms with van der Waals surface area (Å²) in [7, 11) is 0. The molecule has 78 valence electrons. The van der Waals surface area contributed by atoms with Crippen LogP contribution in [0.15, 0.2) is 16.9 Å². The van der Waals surface area contributed by atoms with Crippen molar-refractivity contribution < 1.29 is 17.9 Å².